The summed E-state index contributed by atoms with van der Waals surface area (Å²) >= 11 is 0. The Hall–Kier alpha value is -2.29. The third-order valence-electron chi connectivity index (χ3n) is 6.65. The first-order valence-electron chi connectivity index (χ1n) is 10.5. The smallest absolute Gasteiger partial charge is 0.240 e. The summed E-state index contributed by atoms with van der Waals surface area (Å²) < 4.78 is 42.3. The summed E-state index contributed by atoms with van der Waals surface area (Å²) in [5.41, 5.74) is 0.953. The molecule has 0 spiro atoms. The maximum Gasteiger partial charge on any atom is 0.240 e. The molecule has 166 valence electrons. The maximum atomic E-state index is 13.9. The molecule has 8 heteroatoms. The molecule has 0 bridgehead atoms. The molecule has 0 radical (unpaired) electrons. The van der Waals surface area contributed by atoms with E-state index in [4.69, 9.17) is 0 Å². The van der Waals surface area contributed by atoms with Crippen molar-refractivity contribution in [1.82, 2.24) is 14.9 Å². The van der Waals surface area contributed by atoms with Gasteiger partial charge >= 0.3 is 0 Å². The van der Waals surface area contributed by atoms with E-state index < -0.39 is 21.3 Å². The van der Waals surface area contributed by atoms with Gasteiger partial charge in [-0.3, -0.25) is 9.69 Å². The van der Waals surface area contributed by atoms with E-state index >= 15 is 0 Å². The minimum Gasteiger partial charge on any atom is -0.359 e. The third-order valence-corrected chi connectivity index (χ3v) is 8.17. The Kier molecular flexibility index (Phi) is 5.89. The highest BCUT2D eigenvalue weighted by molar-refractivity contribution is 7.89. The summed E-state index contributed by atoms with van der Waals surface area (Å²) in [4.78, 5) is 15.1. The highest BCUT2D eigenvalue weighted by Gasteiger charge is 2.57. The van der Waals surface area contributed by atoms with E-state index in [-0.39, 0.29) is 22.8 Å². The van der Waals surface area contributed by atoms with Gasteiger partial charge in [0.25, 0.3) is 0 Å². The van der Waals surface area contributed by atoms with Gasteiger partial charge in [0, 0.05) is 32.7 Å². The first-order chi connectivity index (χ1) is 14.7. The van der Waals surface area contributed by atoms with Crippen LogP contribution in [0.15, 0.2) is 53.4 Å². The average molecular weight is 446 g/mol. The number of carbonyl (C=O) groups is 1. The van der Waals surface area contributed by atoms with E-state index in [2.05, 4.69) is 27.1 Å². The zero-order valence-electron chi connectivity index (χ0n) is 17.8. The van der Waals surface area contributed by atoms with E-state index in [0.29, 0.717) is 24.9 Å². The fraction of sp³-hybridized carbons (Fsp3) is 0.435. The molecule has 2 aromatic carbocycles. The van der Waals surface area contributed by atoms with Crippen molar-refractivity contribution in [1.29, 1.82) is 0 Å². The Balaban J connectivity index is 1.50. The standard InChI is InChI=1S/C23H28FN3O3S/c1-16-8-9-20(11-21(16)24)31(29,30)26-19-10-18-14-27(13-17-6-4-3-5-7-17)15-23(18,12-19)22(28)25-2/h3-9,11,18-19,26H,10,12-15H2,1-2H3,(H,25,28)/t18-,19-,23-/m0/s1. The zero-order chi connectivity index (χ0) is 22.2. The fourth-order valence-corrected chi connectivity index (χ4v) is 6.42. The molecule has 0 unspecified atom stereocenters. The van der Waals surface area contributed by atoms with Crippen LogP contribution < -0.4 is 10.0 Å². The Labute approximate surface area is 182 Å². The largest absolute Gasteiger partial charge is 0.359 e. The van der Waals surface area contributed by atoms with Gasteiger partial charge in [0.05, 0.1) is 10.3 Å². The van der Waals surface area contributed by atoms with Crippen LogP contribution in [-0.4, -0.2) is 45.4 Å². The monoisotopic (exact) mass is 445 g/mol. The van der Waals surface area contributed by atoms with E-state index in [0.717, 1.165) is 19.2 Å². The lowest BCUT2D eigenvalue weighted by atomic mass is 9.80. The van der Waals surface area contributed by atoms with Crippen molar-refractivity contribution in [3.05, 3.63) is 65.5 Å². The summed E-state index contributed by atoms with van der Waals surface area (Å²) in [6.45, 7) is 3.67. The number of carbonyl (C=O) groups excluding carboxylic acids is 1. The lowest BCUT2D eigenvalue weighted by Crippen LogP contribution is -2.44. The van der Waals surface area contributed by atoms with Crippen molar-refractivity contribution in [2.24, 2.45) is 11.3 Å². The predicted molar refractivity (Wildman–Crippen MR) is 116 cm³/mol. The molecule has 3 atom stereocenters. The maximum absolute atomic E-state index is 13.9. The third kappa shape index (κ3) is 4.24. The molecule has 2 aromatic rings. The van der Waals surface area contributed by atoms with Crippen molar-refractivity contribution >= 4 is 15.9 Å². The van der Waals surface area contributed by atoms with E-state index in [1.165, 1.54) is 17.7 Å². The lowest BCUT2D eigenvalue weighted by molar-refractivity contribution is -0.131. The second-order valence-corrected chi connectivity index (χ2v) is 10.5. The summed E-state index contributed by atoms with van der Waals surface area (Å²) in [6.07, 6.45) is 1.00. The van der Waals surface area contributed by atoms with Crippen LogP contribution in [0.5, 0.6) is 0 Å². The van der Waals surface area contributed by atoms with Crippen LogP contribution in [0.4, 0.5) is 4.39 Å². The molecule has 4 rings (SSSR count). The quantitative estimate of drug-likeness (QED) is 0.716. The Bertz CT molecular complexity index is 1080. The van der Waals surface area contributed by atoms with Gasteiger partial charge in [0.1, 0.15) is 5.82 Å². The van der Waals surface area contributed by atoms with Crippen LogP contribution in [0.2, 0.25) is 0 Å². The summed E-state index contributed by atoms with van der Waals surface area (Å²) in [5, 5.41) is 2.79. The molecular formula is C23H28FN3O3S. The van der Waals surface area contributed by atoms with Gasteiger partial charge in [0.15, 0.2) is 0 Å². The van der Waals surface area contributed by atoms with Gasteiger partial charge in [0.2, 0.25) is 15.9 Å². The highest BCUT2D eigenvalue weighted by atomic mass is 32.2. The molecular weight excluding hydrogens is 417 g/mol. The number of aryl methyl sites for hydroxylation is 1. The second kappa shape index (κ2) is 8.33. The topological polar surface area (TPSA) is 78.5 Å². The minimum atomic E-state index is -3.87. The van der Waals surface area contributed by atoms with Crippen LogP contribution in [0, 0.1) is 24.1 Å². The Morgan fingerprint density at radius 2 is 1.97 bits per heavy atom. The fourth-order valence-electron chi connectivity index (χ4n) is 5.16. The molecule has 1 aliphatic heterocycles. The summed E-state index contributed by atoms with van der Waals surface area (Å²) in [6, 6.07) is 13.7. The number of likely N-dealkylation sites (tertiary alicyclic amines) is 1. The van der Waals surface area contributed by atoms with Crippen LogP contribution in [0.3, 0.4) is 0 Å². The molecule has 6 nitrogen and oxygen atoms in total. The summed E-state index contributed by atoms with van der Waals surface area (Å²) in [7, 11) is -2.24. The minimum absolute atomic E-state index is 0.0452. The first kappa shape index (κ1) is 21.9. The number of halogens is 1. The predicted octanol–water partition coefficient (Wildman–Crippen LogP) is 2.44. The van der Waals surface area contributed by atoms with Crippen molar-refractivity contribution in [2.45, 2.75) is 37.2 Å². The number of nitrogens with zero attached hydrogens (tertiary/aromatic N) is 1. The van der Waals surface area contributed by atoms with Gasteiger partial charge in [-0.15, -0.1) is 0 Å². The van der Waals surface area contributed by atoms with E-state index in [9.17, 15) is 17.6 Å². The van der Waals surface area contributed by atoms with Crippen molar-refractivity contribution in [2.75, 3.05) is 20.1 Å². The molecule has 1 heterocycles. The first-order valence-corrected chi connectivity index (χ1v) is 12.0. The number of hydrogen-bond donors (Lipinski definition) is 2. The molecule has 1 aliphatic carbocycles. The number of fused-ring (bicyclic) bond motifs is 1. The van der Waals surface area contributed by atoms with Gasteiger partial charge in [-0.05, 0) is 48.9 Å². The molecule has 1 saturated heterocycles. The molecule has 2 fully saturated rings. The van der Waals surface area contributed by atoms with Crippen molar-refractivity contribution in [3.63, 3.8) is 0 Å². The normalized spacial score (nSPS) is 26.0. The van der Waals surface area contributed by atoms with Crippen molar-refractivity contribution in [3.8, 4) is 0 Å². The number of rotatable bonds is 6. The van der Waals surface area contributed by atoms with Crippen molar-refractivity contribution < 1.29 is 17.6 Å². The molecule has 0 aromatic heterocycles. The van der Waals surface area contributed by atoms with Crippen LogP contribution in [-0.2, 0) is 21.4 Å². The molecule has 2 N–H and O–H groups in total. The second-order valence-electron chi connectivity index (χ2n) is 8.76. The summed E-state index contributed by atoms with van der Waals surface area (Å²) in [5.74, 6) is -0.542. The number of amides is 1. The molecule has 1 amide bonds. The zero-order valence-corrected chi connectivity index (χ0v) is 18.6. The van der Waals surface area contributed by atoms with Gasteiger partial charge in [-0.25, -0.2) is 17.5 Å². The highest BCUT2D eigenvalue weighted by Crippen LogP contribution is 2.49. The lowest BCUT2D eigenvalue weighted by Gasteiger charge is -2.27. The van der Waals surface area contributed by atoms with Crippen LogP contribution in [0.25, 0.3) is 0 Å². The molecule has 1 saturated carbocycles. The number of benzene rings is 2. The Morgan fingerprint density at radius 1 is 1.23 bits per heavy atom. The Morgan fingerprint density at radius 3 is 2.65 bits per heavy atom. The van der Waals surface area contributed by atoms with Gasteiger partial charge in [-0.1, -0.05) is 36.4 Å². The molecule has 2 aliphatic rings. The van der Waals surface area contributed by atoms with Crippen LogP contribution >= 0.6 is 0 Å². The SMILES string of the molecule is CNC(=O)[C@]12C[C@@H](NS(=O)(=O)c3ccc(C)c(F)c3)C[C@H]1CN(Cc1ccccc1)C2. The number of hydrogen-bond acceptors (Lipinski definition) is 4. The van der Waals surface area contributed by atoms with Gasteiger partial charge < -0.3 is 5.32 Å². The van der Waals surface area contributed by atoms with Gasteiger partial charge in [-0.2, -0.15) is 0 Å². The molecule has 31 heavy (non-hydrogen) atoms. The van der Waals surface area contributed by atoms with Crippen LogP contribution in [0.1, 0.15) is 24.0 Å². The number of sulfonamides is 1. The van der Waals surface area contributed by atoms with E-state index in [1.807, 2.05) is 18.2 Å². The van der Waals surface area contributed by atoms with E-state index in [1.54, 1.807) is 14.0 Å². The average Bonchev–Trinajstić information content (AvgIpc) is 3.23. The number of nitrogens with one attached hydrogen (secondary N) is 2.